The highest BCUT2D eigenvalue weighted by atomic mass is 32.2. The van der Waals surface area contributed by atoms with Gasteiger partial charge in [0, 0.05) is 31.7 Å². The predicted octanol–water partition coefficient (Wildman–Crippen LogP) is 2.10. The summed E-state index contributed by atoms with van der Waals surface area (Å²) in [5.41, 5.74) is 2.83. The minimum atomic E-state index is -3.68. The van der Waals surface area contributed by atoms with Gasteiger partial charge in [-0.25, -0.2) is 8.42 Å². The van der Waals surface area contributed by atoms with E-state index in [9.17, 15) is 13.2 Å². The number of amides is 1. The molecule has 0 spiro atoms. The van der Waals surface area contributed by atoms with Crippen molar-refractivity contribution in [3.05, 3.63) is 53.6 Å². The third-order valence-corrected chi connectivity index (χ3v) is 7.38. The Morgan fingerprint density at radius 2 is 1.52 bits per heavy atom. The topological polar surface area (TPSA) is 88.2 Å². The maximum absolute atomic E-state index is 13.1. The Morgan fingerprint density at radius 3 is 2.16 bits per heavy atom. The quantitative estimate of drug-likeness (QED) is 0.758. The van der Waals surface area contributed by atoms with Crippen molar-refractivity contribution in [1.82, 2.24) is 4.31 Å². The Balaban J connectivity index is 1.67. The van der Waals surface area contributed by atoms with E-state index in [4.69, 9.17) is 9.47 Å². The van der Waals surface area contributed by atoms with Gasteiger partial charge in [-0.3, -0.25) is 4.79 Å². The van der Waals surface area contributed by atoms with Gasteiger partial charge < -0.3 is 19.7 Å². The molecule has 0 radical (unpaired) electrons. The maximum Gasteiger partial charge on any atom is 0.255 e. The van der Waals surface area contributed by atoms with Crippen LogP contribution in [0.15, 0.2) is 47.4 Å². The summed E-state index contributed by atoms with van der Waals surface area (Å²) in [5.74, 6) is -0.282. The van der Waals surface area contributed by atoms with Crippen LogP contribution in [0.1, 0.15) is 15.9 Å². The summed E-state index contributed by atoms with van der Waals surface area (Å²) in [4.78, 5) is 15.1. The average molecular weight is 446 g/mol. The third-order valence-electron chi connectivity index (χ3n) is 5.49. The molecular weight excluding hydrogens is 418 g/mol. The fourth-order valence-corrected chi connectivity index (χ4v) is 5.13. The predicted molar refractivity (Wildman–Crippen MR) is 118 cm³/mol. The van der Waals surface area contributed by atoms with Gasteiger partial charge in [0.05, 0.1) is 42.7 Å². The average Bonchev–Trinajstić information content (AvgIpc) is 2.80. The van der Waals surface area contributed by atoms with Gasteiger partial charge in [-0.1, -0.05) is 17.7 Å². The Hall–Kier alpha value is -2.46. The van der Waals surface area contributed by atoms with Crippen LogP contribution in [0.25, 0.3) is 0 Å². The van der Waals surface area contributed by atoms with E-state index in [0.29, 0.717) is 63.9 Å². The van der Waals surface area contributed by atoms with Gasteiger partial charge in [-0.05, 0) is 37.3 Å². The molecule has 2 aliphatic rings. The van der Waals surface area contributed by atoms with Gasteiger partial charge in [0.1, 0.15) is 0 Å². The van der Waals surface area contributed by atoms with Gasteiger partial charge >= 0.3 is 0 Å². The molecule has 2 heterocycles. The molecule has 1 amide bonds. The van der Waals surface area contributed by atoms with Crippen LogP contribution in [-0.4, -0.2) is 71.2 Å². The summed E-state index contributed by atoms with van der Waals surface area (Å²) in [6, 6.07) is 12.2. The fourth-order valence-electron chi connectivity index (χ4n) is 3.69. The zero-order valence-corrected chi connectivity index (χ0v) is 18.4. The minimum absolute atomic E-state index is 0.158. The standard InChI is InChI=1S/C22H27N3O5S/c1-17-2-4-18(5-3-17)22(26)23-20-16-19(31(27,28)25-10-14-30-15-11-25)6-7-21(20)24-8-12-29-13-9-24/h2-7,16H,8-15H2,1H3,(H,23,26). The molecule has 9 heteroatoms. The summed E-state index contributed by atoms with van der Waals surface area (Å²) in [7, 11) is -3.68. The van der Waals surface area contributed by atoms with E-state index in [2.05, 4.69) is 10.2 Å². The molecule has 0 atom stereocenters. The number of nitrogens with zero attached hydrogens (tertiary/aromatic N) is 2. The summed E-state index contributed by atoms with van der Waals surface area (Å²) in [6.45, 7) is 5.85. The fraction of sp³-hybridized carbons (Fsp3) is 0.409. The Morgan fingerprint density at radius 1 is 0.903 bits per heavy atom. The molecule has 8 nitrogen and oxygen atoms in total. The number of aryl methyl sites for hydroxylation is 1. The molecule has 1 N–H and O–H groups in total. The lowest BCUT2D eigenvalue weighted by molar-refractivity contribution is 0.0730. The van der Waals surface area contributed by atoms with Crippen LogP contribution in [0.5, 0.6) is 0 Å². The normalized spacial score (nSPS) is 18.0. The summed E-state index contributed by atoms with van der Waals surface area (Å²) >= 11 is 0. The second-order valence-corrected chi connectivity index (χ2v) is 9.55. The molecule has 2 aromatic rings. The number of carbonyl (C=O) groups is 1. The Kier molecular flexibility index (Phi) is 6.57. The number of hydrogen-bond acceptors (Lipinski definition) is 6. The molecule has 2 aromatic carbocycles. The number of ether oxygens (including phenoxy) is 2. The highest BCUT2D eigenvalue weighted by Crippen LogP contribution is 2.31. The van der Waals surface area contributed by atoms with Crippen molar-refractivity contribution in [1.29, 1.82) is 0 Å². The minimum Gasteiger partial charge on any atom is -0.379 e. The van der Waals surface area contributed by atoms with Crippen LogP contribution < -0.4 is 10.2 Å². The van der Waals surface area contributed by atoms with E-state index in [0.717, 1.165) is 11.3 Å². The van der Waals surface area contributed by atoms with Gasteiger partial charge in [0.2, 0.25) is 10.0 Å². The lowest BCUT2D eigenvalue weighted by atomic mass is 10.1. The first-order valence-electron chi connectivity index (χ1n) is 10.4. The molecule has 0 bridgehead atoms. The number of rotatable bonds is 5. The van der Waals surface area contributed by atoms with Crippen molar-refractivity contribution in [2.24, 2.45) is 0 Å². The summed E-state index contributed by atoms with van der Waals surface area (Å²) in [6.07, 6.45) is 0. The van der Waals surface area contributed by atoms with Gasteiger partial charge in [-0.2, -0.15) is 4.31 Å². The number of nitrogens with one attached hydrogen (secondary N) is 1. The Labute approximate surface area is 182 Å². The van der Waals surface area contributed by atoms with Crippen molar-refractivity contribution in [2.75, 3.05) is 62.8 Å². The molecule has 2 saturated heterocycles. The van der Waals surface area contributed by atoms with E-state index in [1.165, 1.54) is 4.31 Å². The lowest BCUT2D eigenvalue weighted by Crippen LogP contribution is -2.40. The SMILES string of the molecule is Cc1ccc(C(=O)Nc2cc(S(=O)(=O)N3CCOCC3)ccc2N2CCOCC2)cc1. The molecule has 0 aromatic heterocycles. The van der Waals surface area contributed by atoms with Crippen molar-refractivity contribution in [3.63, 3.8) is 0 Å². The van der Waals surface area contributed by atoms with Crippen molar-refractivity contribution in [3.8, 4) is 0 Å². The lowest BCUT2D eigenvalue weighted by Gasteiger charge is -2.31. The molecule has 0 aliphatic carbocycles. The Bertz CT molecular complexity index is 1030. The van der Waals surface area contributed by atoms with E-state index < -0.39 is 10.0 Å². The number of anilines is 2. The zero-order chi connectivity index (χ0) is 21.8. The molecule has 31 heavy (non-hydrogen) atoms. The van der Waals surface area contributed by atoms with Crippen molar-refractivity contribution >= 4 is 27.3 Å². The largest absolute Gasteiger partial charge is 0.379 e. The molecule has 4 rings (SSSR count). The molecular formula is C22H27N3O5S. The van der Waals surface area contributed by atoms with Gasteiger partial charge in [0.25, 0.3) is 5.91 Å². The number of carbonyl (C=O) groups excluding carboxylic acids is 1. The van der Waals surface area contributed by atoms with Gasteiger partial charge in [-0.15, -0.1) is 0 Å². The van der Waals surface area contributed by atoms with E-state index in [-0.39, 0.29) is 10.8 Å². The number of morpholine rings is 2. The smallest absolute Gasteiger partial charge is 0.255 e. The van der Waals surface area contributed by atoms with E-state index >= 15 is 0 Å². The monoisotopic (exact) mass is 445 g/mol. The number of benzene rings is 2. The third kappa shape index (κ3) is 4.90. The van der Waals surface area contributed by atoms with Crippen LogP contribution in [0, 0.1) is 6.92 Å². The van der Waals surface area contributed by atoms with E-state index in [1.54, 1.807) is 30.3 Å². The number of hydrogen-bond donors (Lipinski definition) is 1. The van der Waals surface area contributed by atoms with E-state index in [1.807, 2.05) is 19.1 Å². The first-order valence-corrected chi connectivity index (χ1v) is 11.8. The first kappa shape index (κ1) is 21.8. The zero-order valence-electron chi connectivity index (χ0n) is 17.5. The summed E-state index contributed by atoms with van der Waals surface area (Å²) < 4.78 is 38.4. The highest BCUT2D eigenvalue weighted by Gasteiger charge is 2.28. The second kappa shape index (κ2) is 9.35. The van der Waals surface area contributed by atoms with Crippen molar-refractivity contribution in [2.45, 2.75) is 11.8 Å². The van der Waals surface area contributed by atoms with Crippen LogP contribution in [-0.2, 0) is 19.5 Å². The first-order chi connectivity index (χ1) is 14.9. The second-order valence-electron chi connectivity index (χ2n) is 7.61. The maximum atomic E-state index is 13.1. The van der Waals surface area contributed by atoms with Crippen LogP contribution in [0.4, 0.5) is 11.4 Å². The molecule has 0 unspecified atom stereocenters. The highest BCUT2D eigenvalue weighted by molar-refractivity contribution is 7.89. The molecule has 0 saturated carbocycles. The van der Waals surface area contributed by atoms with Crippen LogP contribution in [0.2, 0.25) is 0 Å². The van der Waals surface area contributed by atoms with Gasteiger partial charge in [0.15, 0.2) is 0 Å². The molecule has 2 fully saturated rings. The van der Waals surface area contributed by atoms with Crippen LogP contribution in [0.3, 0.4) is 0 Å². The molecule has 2 aliphatic heterocycles. The van der Waals surface area contributed by atoms with Crippen LogP contribution >= 0.6 is 0 Å². The number of sulfonamides is 1. The van der Waals surface area contributed by atoms with Crippen molar-refractivity contribution < 1.29 is 22.7 Å². The molecule has 166 valence electrons. The summed E-state index contributed by atoms with van der Waals surface area (Å²) in [5, 5.41) is 2.93.